The number of carbonyl (C=O) groups excluding carboxylic acids is 1. The molecule has 16 heteroatoms. The van der Waals surface area contributed by atoms with Gasteiger partial charge in [-0.15, -0.1) is 14.6 Å². The van der Waals surface area contributed by atoms with Crippen molar-refractivity contribution >= 4 is 58.5 Å². The Balaban J connectivity index is 0.000000947. The summed E-state index contributed by atoms with van der Waals surface area (Å²) in [5.74, 6) is -0.377. The maximum absolute atomic E-state index is 13.9. The molecular formula is C26H34FIN6O6S2. The summed E-state index contributed by atoms with van der Waals surface area (Å²) in [7, 11) is 4.99. The zero-order valence-corrected chi connectivity index (χ0v) is 27.6. The number of nitrogens with one attached hydrogen (secondary N) is 1. The summed E-state index contributed by atoms with van der Waals surface area (Å²) in [5.41, 5.74) is -0.0229. The van der Waals surface area contributed by atoms with Crippen LogP contribution in [0.15, 0.2) is 40.2 Å². The number of rotatable bonds is 9. The van der Waals surface area contributed by atoms with E-state index in [-0.39, 0.29) is 32.2 Å². The minimum absolute atomic E-state index is 0.125. The van der Waals surface area contributed by atoms with Crippen molar-refractivity contribution in [2.24, 2.45) is 0 Å². The number of aliphatic hydroxyl groups is 2. The van der Waals surface area contributed by atoms with E-state index in [9.17, 15) is 18.8 Å². The van der Waals surface area contributed by atoms with Crippen molar-refractivity contribution < 1.29 is 24.1 Å². The molecule has 0 fully saturated rings. The molecule has 3 heterocycles. The van der Waals surface area contributed by atoms with Crippen LogP contribution < -0.4 is 21.3 Å². The first-order valence-electron chi connectivity index (χ1n) is 12.7. The van der Waals surface area contributed by atoms with Crippen molar-refractivity contribution in [2.75, 3.05) is 20.3 Å². The van der Waals surface area contributed by atoms with Gasteiger partial charge in [0.05, 0.1) is 38.1 Å². The molecule has 230 valence electrons. The number of halogens is 2. The highest BCUT2D eigenvalue weighted by atomic mass is 127. The van der Waals surface area contributed by atoms with Crippen LogP contribution in [-0.2, 0) is 17.8 Å². The fraction of sp³-hybridized carbons (Fsp3) is 0.423. The summed E-state index contributed by atoms with van der Waals surface area (Å²) in [6, 6.07) is 2.97. The topological polar surface area (TPSA) is 153 Å². The van der Waals surface area contributed by atoms with Crippen molar-refractivity contribution in [1.82, 2.24) is 29.4 Å². The molecule has 1 aromatic carbocycles. The Hall–Kier alpha value is -2.80. The Labute approximate surface area is 263 Å². The van der Waals surface area contributed by atoms with Gasteiger partial charge in [0.25, 0.3) is 5.56 Å². The highest BCUT2D eigenvalue weighted by molar-refractivity contribution is 14.2. The van der Waals surface area contributed by atoms with Crippen molar-refractivity contribution in [3.8, 4) is 10.8 Å². The van der Waals surface area contributed by atoms with Gasteiger partial charge in [-0.2, -0.15) is 10.2 Å². The molecule has 1 atom stereocenters. The minimum atomic E-state index is -1.04. The average molecular weight is 737 g/mol. The molecule has 12 nitrogen and oxygen atoms in total. The van der Waals surface area contributed by atoms with Gasteiger partial charge < -0.3 is 20.3 Å². The summed E-state index contributed by atoms with van der Waals surface area (Å²) in [6.45, 7) is 6.75. The van der Waals surface area contributed by atoms with Gasteiger partial charge in [-0.3, -0.25) is 14.2 Å². The first-order valence-corrected chi connectivity index (χ1v) is 16.8. The quantitative estimate of drug-likeness (QED) is 0.151. The minimum Gasteiger partial charge on any atom is -0.496 e. The summed E-state index contributed by atoms with van der Waals surface area (Å²) in [5, 5.41) is 27.2. The SMILES string of the molecule is COc1ccc(F)cc1CCn1c(=O)n(C(C)C(=O)NC(C)C)c(=O)c2c(C)c(-n3nccn3)sc21.OCCO.SI. The van der Waals surface area contributed by atoms with Crippen LogP contribution in [0.25, 0.3) is 15.2 Å². The standard InChI is InChI=1S/C24H27FN6O4S.C2H6O2.HIS/c1-13(2)28-20(32)15(4)30-21(33)19-14(3)22(31-26-9-10-27-31)36-23(19)29(24(30)34)11-8-16-12-17(25)6-7-18(16)35-5;3-1-2-4;1-2/h6-7,9-10,12-13,15H,8,11H2,1-5H3,(H,28,32);3-4H,1-2H2;2H. The molecule has 42 heavy (non-hydrogen) atoms. The van der Waals surface area contributed by atoms with Crippen molar-refractivity contribution in [3.05, 3.63) is 68.4 Å². The second kappa shape index (κ2) is 16.7. The Morgan fingerprint density at radius 3 is 2.33 bits per heavy atom. The number of carbonyl (C=O) groups is 1. The summed E-state index contributed by atoms with van der Waals surface area (Å²) in [6.07, 6.45) is 3.29. The van der Waals surface area contributed by atoms with Crippen LogP contribution in [0.2, 0.25) is 0 Å². The van der Waals surface area contributed by atoms with Gasteiger partial charge in [-0.25, -0.2) is 13.8 Å². The maximum Gasteiger partial charge on any atom is 0.332 e. The number of methoxy groups -OCH3 is 1. The second-order valence-corrected chi connectivity index (χ2v) is 10.1. The molecule has 4 aromatic rings. The van der Waals surface area contributed by atoms with Crippen LogP contribution in [0.1, 0.15) is 37.9 Å². The number of hydrogen-bond donors (Lipinski definition) is 4. The molecule has 0 bridgehead atoms. The zero-order valence-electron chi connectivity index (χ0n) is 23.7. The fourth-order valence-corrected chi connectivity index (χ4v) is 5.34. The van der Waals surface area contributed by atoms with Gasteiger partial charge >= 0.3 is 5.69 Å². The number of fused-ring (bicyclic) bond motifs is 1. The third-order valence-electron chi connectivity index (χ3n) is 5.96. The highest BCUT2D eigenvalue weighted by Gasteiger charge is 2.26. The molecule has 0 aliphatic carbocycles. The lowest BCUT2D eigenvalue weighted by Gasteiger charge is -2.19. The lowest BCUT2D eigenvalue weighted by Crippen LogP contribution is -2.47. The average Bonchev–Trinajstić information content (AvgIpc) is 3.62. The van der Waals surface area contributed by atoms with E-state index in [0.717, 1.165) is 4.57 Å². The highest BCUT2D eigenvalue weighted by Crippen LogP contribution is 2.31. The van der Waals surface area contributed by atoms with Gasteiger partial charge in [-0.1, -0.05) is 11.3 Å². The lowest BCUT2D eigenvalue weighted by molar-refractivity contribution is -0.124. The van der Waals surface area contributed by atoms with Crippen LogP contribution in [0.4, 0.5) is 4.39 Å². The number of aryl methyl sites for hydroxylation is 3. The van der Waals surface area contributed by atoms with Crippen molar-refractivity contribution in [1.29, 1.82) is 0 Å². The number of thiol groups is 1. The Kier molecular flexibility index (Phi) is 14.1. The predicted molar refractivity (Wildman–Crippen MR) is 172 cm³/mol. The van der Waals surface area contributed by atoms with Gasteiger partial charge in [0.15, 0.2) is 0 Å². The van der Waals surface area contributed by atoms with E-state index in [1.807, 2.05) is 21.2 Å². The molecule has 0 saturated heterocycles. The molecule has 3 N–H and O–H groups in total. The summed E-state index contributed by atoms with van der Waals surface area (Å²) >= 11 is 3.05. The summed E-state index contributed by atoms with van der Waals surface area (Å²) < 4.78 is 21.7. The predicted octanol–water partition coefficient (Wildman–Crippen LogP) is 2.83. The number of thiophene rings is 1. The molecule has 0 spiro atoms. The van der Waals surface area contributed by atoms with Gasteiger partial charge in [0.2, 0.25) is 5.91 Å². The maximum atomic E-state index is 13.9. The van der Waals surface area contributed by atoms with Crippen LogP contribution in [-0.4, -0.2) is 66.6 Å². The third kappa shape index (κ3) is 8.18. The van der Waals surface area contributed by atoms with Crippen molar-refractivity contribution in [3.63, 3.8) is 0 Å². The summed E-state index contributed by atoms with van der Waals surface area (Å²) in [4.78, 5) is 41.9. The van der Waals surface area contributed by atoms with E-state index in [1.54, 1.807) is 20.8 Å². The first-order chi connectivity index (χ1) is 20.0. The largest absolute Gasteiger partial charge is 0.496 e. The second-order valence-electron chi connectivity index (χ2n) is 9.13. The lowest BCUT2D eigenvalue weighted by atomic mass is 10.1. The van der Waals surface area contributed by atoms with Crippen LogP contribution >= 0.6 is 42.3 Å². The van der Waals surface area contributed by atoms with E-state index in [4.69, 9.17) is 14.9 Å². The number of aliphatic hydroxyl groups excluding tert-OH is 2. The smallest absolute Gasteiger partial charge is 0.332 e. The number of amides is 1. The Morgan fingerprint density at radius 2 is 1.79 bits per heavy atom. The zero-order chi connectivity index (χ0) is 31.6. The van der Waals surface area contributed by atoms with Gasteiger partial charge in [0, 0.05) is 18.2 Å². The first kappa shape index (κ1) is 35.4. The van der Waals surface area contributed by atoms with E-state index in [1.165, 1.54) is 65.3 Å². The van der Waals surface area contributed by atoms with E-state index in [0.29, 0.717) is 32.1 Å². The molecule has 3 aromatic heterocycles. The molecular weight excluding hydrogens is 702 g/mol. The third-order valence-corrected chi connectivity index (χ3v) is 7.24. The molecule has 4 rings (SSSR count). The van der Waals surface area contributed by atoms with Crippen LogP contribution in [0.3, 0.4) is 0 Å². The number of benzene rings is 1. The number of hydrogen-bond acceptors (Lipinski definition) is 10. The van der Waals surface area contributed by atoms with Crippen molar-refractivity contribution in [2.45, 2.75) is 52.7 Å². The Bertz CT molecular complexity index is 1590. The normalized spacial score (nSPS) is 11.4. The molecule has 0 aliphatic heterocycles. The van der Waals surface area contributed by atoms with Gasteiger partial charge in [-0.05, 0) is 79.1 Å². The molecule has 0 radical (unpaired) electrons. The molecule has 0 aliphatic rings. The van der Waals surface area contributed by atoms with E-state index < -0.39 is 29.0 Å². The fourth-order valence-electron chi connectivity index (χ4n) is 4.10. The number of nitrogens with zero attached hydrogens (tertiary/aromatic N) is 5. The van der Waals surface area contributed by atoms with Crippen LogP contribution in [0, 0.1) is 12.7 Å². The number of aromatic nitrogens is 5. The molecule has 1 unspecified atom stereocenters. The van der Waals surface area contributed by atoms with Gasteiger partial charge in [0.1, 0.15) is 27.4 Å². The van der Waals surface area contributed by atoms with E-state index in [2.05, 4.69) is 25.3 Å². The number of ether oxygens (including phenoxy) is 1. The van der Waals surface area contributed by atoms with E-state index >= 15 is 0 Å². The molecule has 0 saturated carbocycles. The monoisotopic (exact) mass is 736 g/mol. The Morgan fingerprint density at radius 1 is 1.17 bits per heavy atom. The molecule has 1 amide bonds. The van der Waals surface area contributed by atoms with Crippen LogP contribution in [0.5, 0.6) is 5.75 Å².